The van der Waals surface area contributed by atoms with Gasteiger partial charge in [0.05, 0.1) is 0 Å². The highest BCUT2D eigenvalue weighted by Gasteiger charge is 1.99. The van der Waals surface area contributed by atoms with Crippen LogP contribution in [0, 0.1) is 12.7 Å². The fourth-order valence-electron chi connectivity index (χ4n) is 2.11. The zero-order valence-electron chi connectivity index (χ0n) is 15.5. The van der Waals surface area contributed by atoms with E-state index >= 15 is 0 Å². The third-order valence-corrected chi connectivity index (χ3v) is 3.31. The number of allylic oxidation sites excluding steroid dienone is 1. The van der Waals surface area contributed by atoms with Gasteiger partial charge in [0.2, 0.25) is 0 Å². The van der Waals surface area contributed by atoms with Crippen LogP contribution in [0.5, 0.6) is 0 Å². The van der Waals surface area contributed by atoms with Gasteiger partial charge in [-0.15, -0.1) is 0 Å². The molecule has 0 bridgehead atoms. The van der Waals surface area contributed by atoms with Crippen molar-refractivity contribution >= 4 is 11.4 Å². The Balaban J connectivity index is 0.000000405. The van der Waals surface area contributed by atoms with E-state index in [0.717, 1.165) is 6.42 Å². The number of halogens is 1. The zero-order valence-corrected chi connectivity index (χ0v) is 15.5. The van der Waals surface area contributed by atoms with Gasteiger partial charge in [0.1, 0.15) is 5.82 Å². The molecule has 0 atom stereocenters. The molecule has 0 saturated carbocycles. The first-order valence-electron chi connectivity index (χ1n) is 8.46. The Labute approximate surface area is 146 Å². The molecular formula is C22H29FO. The lowest BCUT2D eigenvalue weighted by atomic mass is 9.99. The lowest BCUT2D eigenvalue weighted by molar-refractivity contribution is 0.101. The van der Waals surface area contributed by atoms with E-state index in [9.17, 15) is 9.18 Å². The lowest BCUT2D eigenvalue weighted by Gasteiger charge is -2.06. The second-order valence-corrected chi connectivity index (χ2v) is 5.24. The Morgan fingerprint density at radius 1 is 1.08 bits per heavy atom. The highest BCUT2D eigenvalue weighted by Crippen LogP contribution is 2.20. The summed E-state index contributed by atoms with van der Waals surface area (Å²) in [5.41, 5.74) is 4.32. The molecule has 0 aliphatic carbocycles. The van der Waals surface area contributed by atoms with Crippen molar-refractivity contribution in [1.29, 1.82) is 0 Å². The average Bonchev–Trinajstić information content (AvgIpc) is 2.58. The van der Waals surface area contributed by atoms with Crippen LogP contribution in [0.15, 0.2) is 55.1 Å². The van der Waals surface area contributed by atoms with Crippen molar-refractivity contribution in [3.05, 3.63) is 77.6 Å². The van der Waals surface area contributed by atoms with Crippen LogP contribution in [-0.2, 0) is 0 Å². The summed E-state index contributed by atoms with van der Waals surface area (Å²) in [6.45, 7) is 13.8. The molecule has 0 unspecified atom stereocenters. The van der Waals surface area contributed by atoms with E-state index in [1.807, 2.05) is 13.8 Å². The second-order valence-electron chi connectivity index (χ2n) is 5.24. The van der Waals surface area contributed by atoms with Crippen molar-refractivity contribution in [3.63, 3.8) is 0 Å². The molecule has 0 aliphatic heterocycles. The number of hydrogen-bond acceptors (Lipinski definition) is 1. The van der Waals surface area contributed by atoms with Gasteiger partial charge >= 0.3 is 0 Å². The number of aryl methyl sites for hydroxylation is 1. The minimum absolute atomic E-state index is 0.112. The van der Waals surface area contributed by atoms with Crippen LogP contribution in [0.4, 0.5) is 4.39 Å². The molecule has 1 nitrogen and oxygen atoms in total. The van der Waals surface area contributed by atoms with Gasteiger partial charge in [-0.2, -0.15) is 0 Å². The van der Waals surface area contributed by atoms with Crippen LogP contribution in [0.25, 0.3) is 5.57 Å². The van der Waals surface area contributed by atoms with Crippen LogP contribution < -0.4 is 0 Å². The first kappa shape index (κ1) is 21.8. The summed E-state index contributed by atoms with van der Waals surface area (Å²) in [5.74, 6) is -0.479. The monoisotopic (exact) mass is 328 g/mol. The average molecular weight is 328 g/mol. The Kier molecular flexibility index (Phi) is 11.1. The number of rotatable bonds is 4. The predicted octanol–water partition coefficient (Wildman–Crippen LogP) is 6.86. The Morgan fingerprint density at radius 3 is 2.17 bits per heavy atom. The highest BCUT2D eigenvalue weighted by atomic mass is 19.1. The number of carbonyl (C=O) groups excluding carboxylic acids is 1. The van der Waals surface area contributed by atoms with Crippen molar-refractivity contribution in [1.82, 2.24) is 0 Å². The summed E-state index contributed by atoms with van der Waals surface area (Å²) in [5, 5.41) is 0. The van der Waals surface area contributed by atoms with Crippen molar-refractivity contribution in [2.24, 2.45) is 0 Å². The van der Waals surface area contributed by atoms with Crippen LogP contribution >= 0.6 is 0 Å². The fraction of sp³-hybridized carbons (Fsp3) is 0.318. The van der Waals surface area contributed by atoms with E-state index in [4.69, 9.17) is 0 Å². The summed E-state index contributed by atoms with van der Waals surface area (Å²) in [6.07, 6.45) is 2.28. The molecule has 2 rings (SSSR count). The molecule has 0 saturated heterocycles. The van der Waals surface area contributed by atoms with E-state index in [0.29, 0.717) is 5.56 Å². The van der Waals surface area contributed by atoms with Crippen LogP contribution in [-0.4, -0.2) is 5.78 Å². The van der Waals surface area contributed by atoms with E-state index < -0.39 is 0 Å². The molecule has 0 fully saturated rings. The summed E-state index contributed by atoms with van der Waals surface area (Å²) in [7, 11) is 0. The number of ketones is 1. The third kappa shape index (κ3) is 7.87. The highest BCUT2D eigenvalue weighted by molar-refractivity contribution is 5.93. The molecule has 0 aromatic heterocycles. The molecule has 2 heteroatoms. The van der Waals surface area contributed by atoms with Crippen LogP contribution in [0.3, 0.4) is 0 Å². The van der Waals surface area contributed by atoms with Crippen LogP contribution in [0.2, 0.25) is 0 Å². The largest absolute Gasteiger partial charge is 0.295 e. The number of Topliss-reactive ketones (excluding diaryl/α,β-unsaturated/α-hetero) is 1. The summed E-state index contributed by atoms with van der Waals surface area (Å²) < 4.78 is 12.4. The van der Waals surface area contributed by atoms with Gasteiger partial charge in [-0.25, -0.2) is 4.39 Å². The Bertz CT molecular complexity index is 644. The van der Waals surface area contributed by atoms with Crippen LogP contribution in [0.1, 0.15) is 62.0 Å². The quantitative estimate of drug-likeness (QED) is 0.560. The van der Waals surface area contributed by atoms with Gasteiger partial charge in [0.15, 0.2) is 5.78 Å². The number of carbonyl (C=O) groups is 1. The molecule has 2 aromatic rings. The Hall–Kier alpha value is -2.22. The molecule has 2 aromatic carbocycles. The standard InChI is InChI=1S/C12H16.C8H7FO.C2H6/c1-4-7-10(2)12-9-6-5-8-11(12)3;1-6(10)7-3-2-4-8(9)5-7;1-2/h5-6,8-9H,2,4,7H2,1,3H3;2-5H,1H3;1-2H3. The van der Waals surface area contributed by atoms with Gasteiger partial charge < -0.3 is 0 Å². The molecule has 24 heavy (non-hydrogen) atoms. The maximum absolute atomic E-state index is 12.4. The summed E-state index contributed by atoms with van der Waals surface area (Å²) >= 11 is 0. The fourth-order valence-corrected chi connectivity index (χ4v) is 2.11. The van der Waals surface area contributed by atoms with E-state index in [1.54, 1.807) is 6.07 Å². The van der Waals surface area contributed by atoms with Gasteiger partial charge in [0.25, 0.3) is 0 Å². The normalized spacial score (nSPS) is 9.08. The minimum Gasteiger partial charge on any atom is -0.295 e. The predicted molar refractivity (Wildman–Crippen MR) is 103 cm³/mol. The van der Waals surface area contributed by atoms with Gasteiger partial charge in [0, 0.05) is 5.56 Å². The van der Waals surface area contributed by atoms with E-state index in [-0.39, 0.29) is 11.6 Å². The van der Waals surface area contributed by atoms with E-state index in [2.05, 4.69) is 44.7 Å². The smallest absolute Gasteiger partial charge is 0.159 e. The molecule has 0 heterocycles. The maximum atomic E-state index is 12.4. The summed E-state index contributed by atoms with van der Waals surface area (Å²) in [6, 6.07) is 14.1. The number of hydrogen-bond donors (Lipinski definition) is 0. The first-order valence-corrected chi connectivity index (χ1v) is 8.46. The zero-order chi connectivity index (χ0) is 18.5. The summed E-state index contributed by atoms with van der Waals surface area (Å²) in [4.78, 5) is 10.6. The molecule has 0 spiro atoms. The maximum Gasteiger partial charge on any atom is 0.159 e. The van der Waals surface area contributed by atoms with Gasteiger partial charge in [-0.3, -0.25) is 4.79 Å². The lowest BCUT2D eigenvalue weighted by Crippen LogP contribution is -1.91. The van der Waals surface area contributed by atoms with E-state index in [1.165, 1.54) is 48.2 Å². The molecule has 0 N–H and O–H groups in total. The SMILES string of the molecule is C=C(CCC)c1ccccc1C.CC.CC(=O)c1cccc(F)c1. The molecule has 0 aliphatic rings. The molecule has 130 valence electrons. The third-order valence-electron chi connectivity index (χ3n) is 3.31. The second kappa shape index (κ2) is 12.2. The molecular weight excluding hydrogens is 299 g/mol. The van der Waals surface area contributed by atoms with Crippen molar-refractivity contribution < 1.29 is 9.18 Å². The topological polar surface area (TPSA) is 17.1 Å². The Morgan fingerprint density at radius 2 is 1.71 bits per heavy atom. The van der Waals surface area contributed by atoms with Crippen molar-refractivity contribution in [2.45, 2.75) is 47.5 Å². The van der Waals surface area contributed by atoms with Gasteiger partial charge in [-0.1, -0.05) is 70.2 Å². The van der Waals surface area contributed by atoms with Gasteiger partial charge in [-0.05, 0) is 49.1 Å². The molecule has 0 radical (unpaired) electrons. The van der Waals surface area contributed by atoms with Crippen molar-refractivity contribution in [2.75, 3.05) is 0 Å². The number of benzene rings is 2. The minimum atomic E-state index is -0.368. The van der Waals surface area contributed by atoms with Crippen molar-refractivity contribution in [3.8, 4) is 0 Å². The first-order chi connectivity index (χ1) is 11.5. The molecule has 0 amide bonds.